The molecule has 2 rings (SSSR count). The molecule has 0 saturated carbocycles. The normalized spacial score (nSPS) is 16.7. The van der Waals surface area contributed by atoms with E-state index in [2.05, 4.69) is 15.3 Å². The molecule has 5 heteroatoms. The molecule has 1 N–H and O–H groups in total. The van der Waals surface area contributed by atoms with Gasteiger partial charge in [-0.3, -0.25) is 4.79 Å². The summed E-state index contributed by atoms with van der Waals surface area (Å²) in [5.74, 6) is 0.0705. The molecule has 0 amide bonds. The van der Waals surface area contributed by atoms with Crippen LogP contribution in [0.4, 0.5) is 0 Å². The predicted molar refractivity (Wildman–Crippen MR) is 67.3 cm³/mol. The van der Waals surface area contributed by atoms with E-state index in [9.17, 15) is 4.79 Å². The summed E-state index contributed by atoms with van der Waals surface area (Å²) < 4.78 is 5.31. The van der Waals surface area contributed by atoms with Crippen molar-refractivity contribution in [2.45, 2.75) is 38.8 Å². The molecular formula is C13H19N3O2. The van der Waals surface area contributed by atoms with Crippen molar-refractivity contribution in [2.24, 2.45) is 0 Å². The van der Waals surface area contributed by atoms with Crippen LogP contribution in [-0.2, 0) is 11.3 Å². The number of rotatable bonds is 5. The van der Waals surface area contributed by atoms with Gasteiger partial charge in [-0.1, -0.05) is 6.92 Å². The highest BCUT2D eigenvalue weighted by atomic mass is 16.5. The second-order valence-corrected chi connectivity index (χ2v) is 4.44. The Morgan fingerprint density at radius 3 is 3.00 bits per heavy atom. The number of aromatic nitrogens is 2. The summed E-state index contributed by atoms with van der Waals surface area (Å²) in [5, 5.41) is 3.45. The van der Waals surface area contributed by atoms with Gasteiger partial charge in [-0.05, 0) is 12.8 Å². The van der Waals surface area contributed by atoms with Gasteiger partial charge in [0.2, 0.25) is 0 Å². The highest BCUT2D eigenvalue weighted by molar-refractivity contribution is 5.95. The zero-order valence-corrected chi connectivity index (χ0v) is 10.7. The molecule has 0 aromatic carbocycles. The summed E-state index contributed by atoms with van der Waals surface area (Å²) in [4.78, 5) is 19.8. The number of Topliss-reactive ketones (excluding diaryl/α,β-unsaturated/α-hetero) is 1. The van der Waals surface area contributed by atoms with E-state index in [1.54, 1.807) is 6.20 Å². The zero-order chi connectivity index (χ0) is 12.8. The van der Waals surface area contributed by atoms with Crippen LogP contribution < -0.4 is 5.32 Å². The molecule has 1 fully saturated rings. The Hall–Kier alpha value is -1.33. The molecule has 0 bridgehead atoms. The Kier molecular flexibility index (Phi) is 4.78. The summed E-state index contributed by atoms with van der Waals surface area (Å²) >= 11 is 0. The lowest BCUT2D eigenvalue weighted by Crippen LogP contribution is -2.34. The van der Waals surface area contributed by atoms with E-state index in [1.807, 2.05) is 6.92 Å². The van der Waals surface area contributed by atoms with Crippen LogP contribution in [0.1, 0.15) is 42.2 Å². The molecule has 18 heavy (non-hydrogen) atoms. The lowest BCUT2D eigenvalue weighted by Gasteiger charge is -2.23. The molecule has 1 aromatic rings. The van der Waals surface area contributed by atoms with Gasteiger partial charge in [0.15, 0.2) is 5.78 Å². The molecule has 1 saturated heterocycles. The molecule has 0 aliphatic carbocycles. The Bertz CT molecular complexity index is 403. The van der Waals surface area contributed by atoms with Crippen molar-refractivity contribution in [1.29, 1.82) is 0 Å². The maximum atomic E-state index is 11.7. The molecule has 1 aromatic heterocycles. The van der Waals surface area contributed by atoms with Gasteiger partial charge in [-0.15, -0.1) is 0 Å². The number of nitrogens with one attached hydrogen (secondary N) is 1. The number of nitrogens with zero attached hydrogens (tertiary/aromatic N) is 2. The monoisotopic (exact) mass is 249 g/mol. The molecule has 0 radical (unpaired) electrons. The van der Waals surface area contributed by atoms with E-state index in [-0.39, 0.29) is 5.78 Å². The van der Waals surface area contributed by atoms with Gasteiger partial charge in [0.25, 0.3) is 0 Å². The number of hydrogen-bond donors (Lipinski definition) is 1. The van der Waals surface area contributed by atoms with Gasteiger partial charge >= 0.3 is 0 Å². The largest absolute Gasteiger partial charge is 0.381 e. The Morgan fingerprint density at radius 2 is 2.28 bits per heavy atom. The summed E-state index contributed by atoms with van der Waals surface area (Å²) in [6, 6.07) is 0.462. The first-order valence-corrected chi connectivity index (χ1v) is 6.44. The highest BCUT2D eigenvalue weighted by Crippen LogP contribution is 2.10. The molecule has 98 valence electrons. The SMILES string of the molecule is CCC(=O)c1ncncc1CNC1CCOCC1. The molecule has 2 heterocycles. The second kappa shape index (κ2) is 6.56. The van der Waals surface area contributed by atoms with Crippen LogP contribution in [0.5, 0.6) is 0 Å². The van der Waals surface area contributed by atoms with E-state index in [1.165, 1.54) is 6.33 Å². The summed E-state index contributed by atoms with van der Waals surface area (Å²) in [6.45, 7) is 4.11. The quantitative estimate of drug-likeness (QED) is 0.798. The highest BCUT2D eigenvalue weighted by Gasteiger charge is 2.15. The fraction of sp³-hybridized carbons (Fsp3) is 0.615. The van der Waals surface area contributed by atoms with Crippen molar-refractivity contribution in [3.8, 4) is 0 Å². The minimum Gasteiger partial charge on any atom is -0.381 e. The van der Waals surface area contributed by atoms with Crippen LogP contribution in [0.15, 0.2) is 12.5 Å². The fourth-order valence-corrected chi connectivity index (χ4v) is 2.06. The smallest absolute Gasteiger partial charge is 0.181 e. The standard InChI is InChI=1S/C13H19N3O2/c1-2-12(17)13-10(7-14-9-16-13)8-15-11-3-5-18-6-4-11/h7,9,11,15H,2-6,8H2,1H3. The van der Waals surface area contributed by atoms with E-state index >= 15 is 0 Å². The minimum absolute atomic E-state index is 0.0705. The lowest BCUT2D eigenvalue weighted by atomic mass is 10.1. The van der Waals surface area contributed by atoms with Gasteiger partial charge in [0.05, 0.1) is 0 Å². The third-order valence-corrected chi connectivity index (χ3v) is 3.18. The summed E-state index contributed by atoms with van der Waals surface area (Å²) in [7, 11) is 0. The van der Waals surface area contributed by atoms with Crippen molar-refractivity contribution < 1.29 is 9.53 Å². The van der Waals surface area contributed by atoms with Gasteiger partial charge in [0.1, 0.15) is 12.0 Å². The first-order valence-electron chi connectivity index (χ1n) is 6.44. The number of ether oxygens (including phenoxy) is 1. The predicted octanol–water partition coefficient (Wildman–Crippen LogP) is 1.34. The topological polar surface area (TPSA) is 64.1 Å². The number of hydrogen-bond acceptors (Lipinski definition) is 5. The van der Waals surface area contributed by atoms with Gasteiger partial charge in [-0.25, -0.2) is 9.97 Å². The Morgan fingerprint density at radius 1 is 1.50 bits per heavy atom. The number of carbonyl (C=O) groups is 1. The molecular weight excluding hydrogens is 230 g/mol. The Balaban J connectivity index is 1.97. The Labute approximate surface area is 107 Å². The molecule has 0 atom stereocenters. The number of carbonyl (C=O) groups excluding carboxylic acids is 1. The van der Waals surface area contributed by atoms with Gasteiger partial charge in [0, 0.05) is 44.0 Å². The molecule has 0 spiro atoms. The maximum absolute atomic E-state index is 11.7. The van der Waals surface area contributed by atoms with Crippen molar-refractivity contribution in [3.05, 3.63) is 23.8 Å². The third kappa shape index (κ3) is 3.34. The van der Waals surface area contributed by atoms with Crippen LogP contribution in [0.25, 0.3) is 0 Å². The third-order valence-electron chi connectivity index (χ3n) is 3.18. The van der Waals surface area contributed by atoms with Crippen molar-refractivity contribution in [1.82, 2.24) is 15.3 Å². The van der Waals surface area contributed by atoms with Crippen LogP contribution in [0.3, 0.4) is 0 Å². The molecule has 5 nitrogen and oxygen atoms in total. The van der Waals surface area contributed by atoms with E-state index < -0.39 is 0 Å². The minimum atomic E-state index is 0.0705. The van der Waals surface area contributed by atoms with Gasteiger partial charge < -0.3 is 10.1 Å². The summed E-state index contributed by atoms with van der Waals surface area (Å²) in [6.07, 6.45) is 5.67. The lowest BCUT2D eigenvalue weighted by molar-refractivity contribution is 0.0775. The fourth-order valence-electron chi connectivity index (χ4n) is 2.06. The van der Waals surface area contributed by atoms with Crippen LogP contribution in [-0.4, -0.2) is 35.0 Å². The second-order valence-electron chi connectivity index (χ2n) is 4.44. The molecule has 1 aliphatic rings. The van der Waals surface area contributed by atoms with Crippen LogP contribution >= 0.6 is 0 Å². The molecule has 0 unspecified atom stereocenters. The van der Waals surface area contributed by atoms with E-state index in [4.69, 9.17) is 4.74 Å². The average molecular weight is 249 g/mol. The zero-order valence-electron chi connectivity index (χ0n) is 10.7. The molecule has 1 aliphatic heterocycles. The van der Waals surface area contributed by atoms with Gasteiger partial charge in [-0.2, -0.15) is 0 Å². The first kappa shape index (κ1) is 13.1. The van der Waals surface area contributed by atoms with E-state index in [0.717, 1.165) is 31.6 Å². The van der Waals surface area contributed by atoms with Crippen molar-refractivity contribution >= 4 is 5.78 Å². The van der Waals surface area contributed by atoms with Crippen molar-refractivity contribution in [2.75, 3.05) is 13.2 Å². The van der Waals surface area contributed by atoms with Crippen LogP contribution in [0.2, 0.25) is 0 Å². The average Bonchev–Trinajstić information content (AvgIpc) is 2.45. The van der Waals surface area contributed by atoms with Crippen molar-refractivity contribution in [3.63, 3.8) is 0 Å². The maximum Gasteiger partial charge on any atom is 0.181 e. The first-order chi connectivity index (χ1) is 8.81. The number of ketones is 1. The van der Waals surface area contributed by atoms with E-state index in [0.29, 0.717) is 24.7 Å². The van der Waals surface area contributed by atoms with Crippen LogP contribution in [0, 0.1) is 0 Å². The summed E-state index contributed by atoms with van der Waals surface area (Å²) in [5.41, 5.74) is 1.43.